The number of likely N-dealkylation sites (N-methyl/N-ethyl adjacent to an activating group) is 1. The third-order valence-corrected chi connectivity index (χ3v) is 4.30. The monoisotopic (exact) mass is 291 g/mol. The molecule has 0 bridgehead atoms. The molecule has 2 rings (SSSR count). The zero-order valence-electron chi connectivity index (χ0n) is 14.1. The molecule has 1 aromatic rings. The summed E-state index contributed by atoms with van der Waals surface area (Å²) in [6.07, 6.45) is 4.29. The fraction of sp³-hybridized carbons (Fsp3) is 0.706. The molecule has 4 nitrogen and oxygen atoms in total. The van der Waals surface area contributed by atoms with Crippen molar-refractivity contribution in [1.29, 1.82) is 0 Å². The highest BCUT2D eigenvalue weighted by Gasteiger charge is 2.36. The van der Waals surface area contributed by atoms with Crippen LogP contribution < -0.4 is 4.90 Å². The number of rotatable bonds is 5. The van der Waals surface area contributed by atoms with Crippen LogP contribution in [0, 0.1) is 0 Å². The van der Waals surface area contributed by atoms with Crippen LogP contribution >= 0.6 is 0 Å². The lowest BCUT2D eigenvalue weighted by molar-refractivity contribution is -0.0372. The van der Waals surface area contributed by atoms with Gasteiger partial charge < -0.3 is 14.5 Å². The third-order valence-electron chi connectivity index (χ3n) is 4.30. The Morgan fingerprint density at radius 1 is 1.38 bits per heavy atom. The normalized spacial score (nSPS) is 23.1. The lowest BCUT2D eigenvalue weighted by Crippen LogP contribution is -2.54. The molecule has 1 aromatic heterocycles. The average Bonchev–Trinajstić information content (AvgIpc) is 2.47. The Labute approximate surface area is 129 Å². The van der Waals surface area contributed by atoms with Crippen LogP contribution in [0.1, 0.15) is 38.3 Å². The average molecular weight is 291 g/mol. The Hall–Kier alpha value is -1.13. The number of piperidine rings is 1. The second-order valence-corrected chi connectivity index (χ2v) is 6.75. The summed E-state index contributed by atoms with van der Waals surface area (Å²) in [7, 11) is 6.06. The second kappa shape index (κ2) is 6.75. The molecular formula is C17H29N3O. The van der Waals surface area contributed by atoms with E-state index in [1.165, 1.54) is 5.69 Å². The summed E-state index contributed by atoms with van der Waals surface area (Å²) in [4.78, 5) is 9.22. The predicted molar refractivity (Wildman–Crippen MR) is 88.1 cm³/mol. The van der Waals surface area contributed by atoms with Gasteiger partial charge in [-0.05, 0) is 45.0 Å². The summed E-state index contributed by atoms with van der Waals surface area (Å²) >= 11 is 0. The van der Waals surface area contributed by atoms with Crippen LogP contribution in [0.5, 0.6) is 0 Å². The molecule has 1 aliphatic rings. The van der Waals surface area contributed by atoms with E-state index in [4.69, 9.17) is 4.74 Å². The zero-order valence-corrected chi connectivity index (χ0v) is 14.1. The van der Waals surface area contributed by atoms with Gasteiger partial charge in [0.05, 0.1) is 17.5 Å². The van der Waals surface area contributed by atoms with Gasteiger partial charge in [0, 0.05) is 32.4 Å². The Morgan fingerprint density at radius 3 is 2.67 bits per heavy atom. The van der Waals surface area contributed by atoms with Crippen molar-refractivity contribution in [3.05, 3.63) is 24.0 Å². The highest BCUT2D eigenvalue weighted by molar-refractivity contribution is 5.46. The molecule has 0 unspecified atom stereocenters. The van der Waals surface area contributed by atoms with Gasteiger partial charge >= 0.3 is 0 Å². The van der Waals surface area contributed by atoms with Gasteiger partial charge in [-0.25, -0.2) is 0 Å². The molecule has 0 amide bonds. The van der Waals surface area contributed by atoms with E-state index in [1.54, 1.807) is 0 Å². The van der Waals surface area contributed by atoms with Crippen molar-refractivity contribution >= 4 is 5.69 Å². The summed E-state index contributed by atoms with van der Waals surface area (Å²) in [5.74, 6) is 0.479. The fourth-order valence-corrected chi connectivity index (χ4v) is 3.18. The minimum Gasteiger partial charge on any atom is -0.375 e. The number of ether oxygens (including phenoxy) is 1. The van der Waals surface area contributed by atoms with Gasteiger partial charge in [0.1, 0.15) is 0 Å². The second-order valence-electron chi connectivity index (χ2n) is 6.75. The van der Waals surface area contributed by atoms with Gasteiger partial charge in [-0.15, -0.1) is 0 Å². The van der Waals surface area contributed by atoms with Crippen LogP contribution in [-0.4, -0.2) is 56.3 Å². The summed E-state index contributed by atoms with van der Waals surface area (Å²) < 4.78 is 5.90. The van der Waals surface area contributed by atoms with Gasteiger partial charge in [-0.3, -0.25) is 4.98 Å². The molecule has 0 N–H and O–H groups in total. The number of hydrogen-bond acceptors (Lipinski definition) is 4. The van der Waals surface area contributed by atoms with E-state index >= 15 is 0 Å². The van der Waals surface area contributed by atoms with Crippen molar-refractivity contribution in [2.24, 2.45) is 0 Å². The van der Waals surface area contributed by atoms with E-state index in [9.17, 15) is 0 Å². The number of pyridine rings is 1. The molecular weight excluding hydrogens is 262 g/mol. The SMILES string of the molecule is CO[C@@]1(CN(C)C)CCCN(c2ccc(C(C)C)nc2)C1. The molecule has 0 spiro atoms. The first kappa shape index (κ1) is 16.2. The molecule has 0 radical (unpaired) electrons. The quantitative estimate of drug-likeness (QED) is 0.834. The number of methoxy groups -OCH3 is 1. The van der Waals surface area contributed by atoms with Gasteiger partial charge in [0.15, 0.2) is 0 Å². The molecule has 1 fully saturated rings. The van der Waals surface area contributed by atoms with Crippen molar-refractivity contribution < 1.29 is 4.74 Å². The first-order valence-electron chi connectivity index (χ1n) is 7.86. The number of hydrogen-bond donors (Lipinski definition) is 0. The number of aromatic nitrogens is 1. The standard InChI is InChI=1S/C17H29N3O/c1-14(2)16-8-7-15(11-18-16)20-10-6-9-17(13-20,21-5)12-19(3)4/h7-8,11,14H,6,9-10,12-13H2,1-5H3/t17-/m1/s1. The lowest BCUT2D eigenvalue weighted by atomic mass is 9.91. The molecule has 0 aromatic carbocycles. The van der Waals surface area contributed by atoms with Gasteiger partial charge in [-0.2, -0.15) is 0 Å². The smallest absolute Gasteiger partial charge is 0.0979 e. The van der Waals surface area contributed by atoms with Crippen molar-refractivity contribution in [3.8, 4) is 0 Å². The van der Waals surface area contributed by atoms with Gasteiger partial charge in [0.25, 0.3) is 0 Å². The van der Waals surface area contributed by atoms with Crippen molar-refractivity contribution in [3.63, 3.8) is 0 Å². The van der Waals surface area contributed by atoms with Crippen LogP contribution in [0.3, 0.4) is 0 Å². The summed E-state index contributed by atoms with van der Waals surface area (Å²) in [6.45, 7) is 7.33. The molecule has 4 heteroatoms. The maximum Gasteiger partial charge on any atom is 0.0979 e. The topological polar surface area (TPSA) is 28.6 Å². The minimum atomic E-state index is -0.0710. The van der Waals surface area contributed by atoms with E-state index in [2.05, 4.69) is 54.9 Å². The first-order valence-corrected chi connectivity index (χ1v) is 7.86. The maximum absolute atomic E-state index is 5.90. The number of anilines is 1. The lowest BCUT2D eigenvalue weighted by Gasteiger charge is -2.44. The molecule has 0 aliphatic carbocycles. The maximum atomic E-state index is 5.90. The molecule has 2 heterocycles. The highest BCUT2D eigenvalue weighted by atomic mass is 16.5. The van der Waals surface area contributed by atoms with Crippen molar-refractivity contribution in [2.75, 3.05) is 45.7 Å². The van der Waals surface area contributed by atoms with Gasteiger partial charge in [0.2, 0.25) is 0 Å². The van der Waals surface area contributed by atoms with Crippen LogP contribution in [0.4, 0.5) is 5.69 Å². The largest absolute Gasteiger partial charge is 0.375 e. The molecule has 21 heavy (non-hydrogen) atoms. The van der Waals surface area contributed by atoms with Crippen LogP contribution in [-0.2, 0) is 4.74 Å². The van der Waals surface area contributed by atoms with Crippen LogP contribution in [0.2, 0.25) is 0 Å². The molecule has 118 valence electrons. The van der Waals surface area contributed by atoms with Crippen molar-refractivity contribution in [1.82, 2.24) is 9.88 Å². The fourth-order valence-electron chi connectivity index (χ4n) is 3.18. The van der Waals surface area contributed by atoms with E-state index in [-0.39, 0.29) is 5.60 Å². The van der Waals surface area contributed by atoms with Crippen molar-refractivity contribution in [2.45, 2.75) is 38.2 Å². The Kier molecular flexibility index (Phi) is 5.22. The predicted octanol–water partition coefficient (Wildman–Crippen LogP) is 2.75. The Morgan fingerprint density at radius 2 is 2.14 bits per heavy atom. The van der Waals surface area contributed by atoms with Gasteiger partial charge in [-0.1, -0.05) is 13.8 Å². The molecule has 1 aliphatic heterocycles. The van der Waals surface area contributed by atoms with E-state index in [0.29, 0.717) is 5.92 Å². The Bertz CT molecular complexity index is 444. The van der Waals surface area contributed by atoms with E-state index in [0.717, 1.165) is 38.2 Å². The van der Waals surface area contributed by atoms with Crippen LogP contribution in [0.15, 0.2) is 18.3 Å². The molecule has 0 saturated carbocycles. The highest BCUT2D eigenvalue weighted by Crippen LogP contribution is 2.29. The first-order chi connectivity index (χ1) is 9.96. The number of nitrogens with zero attached hydrogens (tertiary/aromatic N) is 3. The molecule has 1 saturated heterocycles. The zero-order chi connectivity index (χ0) is 15.5. The van der Waals surface area contributed by atoms with Crippen LogP contribution in [0.25, 0.3) is 0 Å². The van der Waals surface area contributed by atoms with E-state index in [1.807, 2.05) is 13.3 Å². The summed E-state index contributed by atoms with van der Waals surface area (Å²) in [5, 5.41) is 0. The minimum absolute atomic E-state index is 0.0710. The summed E-state index contributed by atoms with van der Waals surface area (Å²) in [5.41, 5.74) is 2.29. The van der Waals surface area contributed by atoms with E-state index < -0.39 is 0 Å². The third kappa shape index (κ3) is 3.95. The Balaban J connectivity index is 2.12. The molecule has 1 atom stereocenters. The summed E-state index contributed by atoms with van der Waals surface area (Å²) in [6, 6.07) is 4.35.